The Morgan fingerprint density at radius 1 is 1.22 bits per heavy atom. The van der Waals surface area contributed by atoms with Crippen LogP contribution in [0.3, 0.4) is 0 Å². The molecule has 0 bridgehead atoms. The van der Waals surface area contributed by atoms with E-state index in [1.54, 1.807) is 57.6 Å². The molecular formula is C18H18BrClN4O3. The van der Waals surface area contributed by atoms with Crippen molar-refractivity contribution < 1.29 is 9.53 Å². The molecule has 3 aromatic rings. The third-order valence-electron chi connectivity index (χ3n) is 3.40. The molecule has 0 saturated heterocycles. The van der Waals surface area contributed by atoms with E-state index in [0.29, 0.717) is 22.5 Å². The van der Waals surface area contributed by atoms with Crippen molar-refractivity contribution in [3.8, 4) is 16.9 Å². The van der Waals surface area contributed by atoms with E-state index < -0.39 is 11.6 Å². The van der Waals surface area contributed by atoms with Crippen molar-refractivity contribution in [3.05, 3.63) is 63.4 Å². The van der Waals surface area contributed by atoms with Crippen LogP contribution in [0.2, 0.25) is 0 Å². The second-order valence-corrected chi connectivity index (χ2v) is 7.54. The number of halogens is 2. The third kappa shape index (κ3) is 4.84. The predicted molar refractivity (Wildman–Crippen MR) is 108 cm³/mol. The molecule has 9 heteroatoms. The van der Waals surface area contributed by atoms with Crippen LogP contribution < -0.4 is 5.56 Å². The highest BCUT2D eigenvalue weighted by Crippen LogP contribution is 2.19. The van der Waals surface area contributed by atoms with Gasteiger partial charge in [-0.25, -0.2) is 14.5 Å². The van der Waals surface area contributed by atoms with Crippen molar-refractivity contribution in [2.75, 3.05) is 0 Å². The number of carbonyl (C=O) groups is 1. The standard InChI is InChI=1S/C18H17BrN4O3.ClH/c1-18(2,3)26-17(25)11-4-5-15(21-8-11)23-16(24)14(10-22-23)12-6-13(19)9-20-7-12;/h4-10,22H,1-3H3;1H. The lowest BCUT2D eigenvalue weighted by molar-refractivity contribution is 0.00691. The fraction of sp³-hybridized carbons (Fsp3) is 0.222. The van der Waals surface area contributed by atoms with Gasteiger partial charge in [-0.3, -0.25) is 14.9 Å². The second kappa shape index (κ2) is 8.06. The van der Waals surface area contributed by atoms with Gasteiger partial charge in [0, 0.05) is 34.8 Å². The smallest absolute Gasteiger partial charge is 0.340 e. The Kier molecular flexibility index (Phi) is 6.22. The molecule has 0 saturated carbocycles. The van der Waals surface area contributed by atoms with Gasteiger partial charge >= 0.3 is 5.97 Å². The molecule has 7 nitrogen and oxygen atoms in total. The summed E-state index contributed by atoms with van der Waals surface area (Å²) < 4.78 is 7.38. The summed E-state index contributed by atoms with van der Waals surface area (Å²) >= 11 is 3.34. The molecule has 0 fully saturated rings. The minimum atomic E-state index is -0.584. The van der Waals surface area contributed by atoms with E-state index in [1.165, 1.54) is 10.9 Å². The largest absolute Gasteiger partial charge is 0.456 e. The van der Waals surface area contributed by atoms with Crippen molar-refractivity contribution in [3.63, 3.8) is 0 Å². The van der Waals surface area contributed by atoms with Crippen molar-refractivity contribution >= 4 is 34.3 Å². The first-order chi connectivity index (χ1) is 12.2. The maximum atomic E-state index is 12.6. The number of hydrogen-bond acceptors (Lipinski definition) is 5. The van der Waals surface area contributed by atoms with Crippen LogP contribution >= 0.6 is 28.3 Å². The Morgan fingerprint density at radius 3 is 2.56 bits per heavy atom. The first kappa shape index (κ1) is 20.9. The normalized spacial score (nSPS) is 11.0. The summed E-state index contributed by atoms with van der Waals surface area (Å²) in [7, 11) is 0. The van der Waals surface area contributed by atoms with Gasteiger partial charge in [-0.2, -0.15) is 0 Å². The number of nitrogens with zero attached hydrogens (tertiary/aromatic N) is 3. The van der Waals surface area contributed by atoms with Crippen LogP contribution in [0.5, 0.6) is 0 Å². The molecule has 142 valence electrons. The maximum Gasteiger partial charge on any atom is 0.340 e. The molecule has 27 heavy (non-hydrogen) atoms. The Labute approximate surface area is 170 Å². The van der Waals surface area contributed by atoms with Crippen LogP contribution in [0.4, 0.5) is 0 Å². The van der Waals surface area contributed by atoms with Crippen LogP contribution in [0, 0.1) is 0 Å². The number of ether oxygens (including phenoxy) is 1. The number of pyridine rings is 2. The lowest BCUT2D eigenvalue weighted by Gasteiger charge is -2.19. The topological polar surface area (TPSA) is 89.9 Å². The number of carbonyl (C=O) groups excluding carboxylic acids is 1. The van der Waals surface area contributed by atoms with Crippen molar-refractivity contribution in [1.82, 2.24) is 19.7 Å². The monoisotopic (exact) mass is 452 g/mol. The molecule has 1 N–H and O–H groups in total. The van der Waals surface area contributed by atoms with Crippen LogP contribution in [-0.2, 0) is 4.74 Å². The highest BCUT2D eigenvalue weighted by molar-refractivity contribution is 9.10. The summed E-state index contributed by atoms with van der Waals surface area (Å²) in [4.78, 5) is 33.0. The van der Waals surface area contributed by atoms with E-state index in [-0.39, 0.29) is 18.0 Å². The summed E-state index contributed by atoms with van der Waals surface area (Å²) in [6.07, 6.45) is 6.23. The lowest BCUT2D eigenvalue weighted by Crippen LogP contribution is -2.24. The summed E-state index contributed by atoms with van der Waals surface area (Å²) in [6, 6.07) is 4.96. The minimum Gasteiger partial charge on any atom is -0.456 e. The Bertz CT molecular complexity index is 1010. The summed E-state index contributed by atoms with van der Waals surface area (Å²) in [5.41, 5.74) is 0.627. The molecular weight excluding hydrogens is 436 g/mol. The molecule has 0 aliphatic carbocycles. The highest BCUT2D eigenvalue weighted by Gasteiger charge is 2.18. The lowest BCUT2D eigenvalue weighted by atomic mass is 10.2. The van der Waals surface area contributed by atoms with E-state index in [4.69, 9.17) is 4.74 Å². The first-order valence-corrected chi connectivity index (χ1v) is 8.65. The fourth-order valence-electron chi connectivity index (χ4n) is 2.28. The Hall–Kier alpha value is -2.45. The molecule has 3 heterocycles. The van der Waals surface area contributed by atoms with Crippen molar-refractivity contribution in [1.29, 1.82) is 0 Å². The second-order valence-electron chi connectivity index (χ2n) is 6.63. The van der Waals surface area contributed by atoms with Crippen molar-refractivity contribution in [2.24, 2.45) is 0 Å². The van der Waals surface area contributed by atoms with Gasteiger partial charge < -0.3 is 4.74 Å². The number of esters is 1. The van der Waals surface area contributed by atoms with Gasteiger partial charge in [-0.15, -0.1) is 12.4 Å². The summed E-state index contributed by atoms with van der Waals surface area (Å²) in [5, 5.41) is 2.88. The van der Waals surface area contributed by atoms with E-state index in [1.807, 2.05) is 0 Å². The van der Waals surface area contributed by atoms with Gasteiger partial charge in [0.2, 0.25) is 0 Å². The predicted octanol–water partition coefficient (Wildman–Crippen LogP) is 3.76. The summed E-state index contributed by atoms with van der Waals surface area (Å²) in [6.45, 7) is 5.39. The molecule has 0 unspecified atom stereocenters. The van der Waals surface area contributed by atoms with Gasteiger partial charge in [0.25, 0.3) is 5.56 Å². The zero-order valence-electron chi connectivity index (χ0n) is 14.9. The molecule has 3 rings (SSSR count). The van der Waals surface area contributed by atoms with Gasteiger partial charge in [0.05, 0.1) is 11.1 Å². The average Bonchev–Trinajstić information content (AvgIpc) is 2.95. The van der Waals surface area contributed by atoms with Crippen LogP contribution in [0.1, 0.15) is 31.1 Å². The van der Waals surface area contributed by atoms with Crippen LogP contribution in [0.15, 0.2) is 52.3 Å². The Balaban J connectivity index is 0.00000261. The highest BCUT2D eigenvalue weighted by atomic mass is 79.9. The number of aromatic amines is 1. The zero-order valence-corrected chi connectivity index (χ0v) is 17.3. The van der Waals surface area contributed by atoms with Crippen LogP contribution in [0.25, 0.3) is 16.9 Å². The number of rotatable bonds is 3. The number of H-pyrrole nitrogens is 1. The maximum absolute atomic E-state index is 12.6. The minimum absolute atomic E-state index is 0. The fourth-order valence-corrected chi connectivity index (χ4v) is 2.65. The van der Waals surface area contributed by atoms with E-state index >= 15 is 0 Å². The molecule has 0 amide bonds. The van der Waals surface area contributed by atoms with Gasteiger partial charge in [0.1, 0.15) is 5.60 Å². The molecule has 0 spiro atoms. The summed E-state index contributed by atoms with van der Waals surface area (Å²) in [5.74, 6) is -0.0900. The number of nitrogens with one attached hydrogen (secondary N) is 1. The van der Waals surface area contributed by atoms with Gasteiger partial charge in [-0.1, -0.05) is 0 Å². The molecule has 0 atom stereocenters. The Morgan fingerprint density at radius 2 is 1.96 bits per heavy atom. The molecule has 0 radical (unpaired) electrons. The average molecular weight is 454 g/mol. The third-order valence-corrected chi connectivity index (χ3v) is 3.83. The molecule has 0 aliphatic rings. The first-order valence-electron chi connectivity index (χ1n) is 7.86. The van der Waals surface area contributed by atoms with Gasteiger partial charge in [0.15, 0.2) is 5.82 Å². The van der Waals surface area contributed by atoms with E-state index in [2.05, 4.69) is 31.0 Å². The molecule has 3 aromatic heterocycles. The zero-order chi connectivity index (χ0) is 18.9. The number of hydrogen-bond donors (Lipinski definition) is 1. The van der Waals surface area contributed by atoms with Crippen LogP contribution in [-0.4, -0.2) is 31.3 Å². The molecule has 0 aromatic carbocycles. The van der Waals surface area contributed by atoms with E-state index in [9.17, 15) is 9.59 Å². The SMILES string of the molecule is CC(C)(C)OC(=O)c1ccc(-n2[nH]cc(-c3cncc(Br)c3)c2=O)nc1.Cl. The molecule has 0 aliphatic heterocycles. The number of aromatic nitrogens is 4. The quantitative estimate of drug-likeness (QED) is 0.610. The van der Waals surface area contributed by atoms with Gasteiger partial charge in [-0.05, 0) is 54.9 Å². The van der Waals surface area contributed by atoms with E-state index in [0.717, 1.165) is 4.47 Å². The van der Waals surface area contributed by atoms with Crippen molar-refractivity contribution in [2.45, 2.75) is 26.4 Å².